The fourth-order valence-corrected chi connectivity index (χ4v) is 2.98. The minimum Gasteiger partial charge on any atom is -0.870 e. The molecule has 0 atom stereocenters. The maximum Gasteiger partial charge on any atom is 1.00 e. The largest absolute Gasteiger partial charge is 1.00 e. The Labute approximate surface area is 172 Å². The Kier molecular flexibility index (Phi) is 6.15. The second kappa shape index (κ2) is 8.03. The van der Waals surface area contributed by atoms with Gasteiger partial charge in [-0.05, 0) is 55.7 Å². The minimum atomic E-state index is -0.962. The van der Waals surface area contributed by atoms with E-state index in [1.807, 2.05) is 32.0 Å². The number of benzene rings is 2. The zero-order valence-electron chi connectivity index (χ0n) is 16.0. The Morgan fingerprint density at radius 3 is 2.36 bits per heavy atom. The Hall–Kier alpha value is -2.85. The van der Waals surface area contributed by atoms with Gasteiger partial charge in [0.25, 0.3) is 5.89 Å². The number of hydrogen-bond acceptors (Lipinski definition) is 6. The molecule has 7 nitrogen and oxygen atoms in total. The van der Waals surface area contributed by atoms with Crippen molar-refractivity contribution in [1.29, 1.82) is 0 Å². The first kappa shape index (κ1) is 21.4. The van der Waals surface area contributed by atoms with Gasteiger partial charge in [-0.25, -0.2) is 4.79 Å². The summed E-state index contributed by atoms with van der Waals surface area (Å²) >= 11 is 0. The molecule has 0 fully saturated rings. The molecule has 28 heavy (non-hydrogen) atoms. The Bertz CT molecular complexity index is 1120. The molecule has 2 N–H and O–H groups in total. The Morgan fingerprint density at radius 2 is 1.71 bits per heavy atom. The van der Waals surface area contributed by atoms with Crippen molar-refractivity contribution in [3.8, 4) is 23.0 Å². The molecule has 0 radical (unpaired) electrons. The predicted octanol–water partition coefficient (Wildman–Crippen LogP) is 1.60. The van der Waals surface area contributed by atoms with Crippen LogP contribution in [-0.4, -0.2) is 26.7 Å². The molecule has 0 bridgehead atoms. The first-order chi connectivity index (χ1) is 12.4. The van der Waals surface area contributed by atoms with Crippen LogP contribution in [0.3, 0.4) is 0 Å². The molecule has 0 amide bonds. The first-order valence-electron chi connectivity index (χ1n) is 8.12. The average molecular weight is 372 g/mol. The summed E-state index contributed by atoms with van der Waals surface area (Å²) in [6, 6.07) is 10.9. The van der Waals surface area contributed by atoms with Crippen molar-refractivity contribution in [3.05, 3.63) is 58.7 Å². The molecule has 2 aromatic heterocycles. The van der Waals surface area contributed by atoms with Crippen molar-refractivity contribution in [2.75, 3.05) is 0 Å². The number of furan rings is 1. The fourth-order valence-electron chi connectivity index (χ4n) is 2.98. The van der Waals surface area contributed by atoms with Crippen LogP contribution in [0.4, 0.5) is 0 Å². The summed E-state index contributed by atoms with van der Waals surface area (Å²) in [5, 5.41) is 14.1. The van der Waals surface area contributed by atoms with E-state index in [1.54, 1.807) is 19.1 Å². The van der Waals surface area contributed by atoms with Crippen LogP contribution >= 0.6 is 0 Å². The minimum absolute atomic E-state index is 0. The molecule has 138 valence electrons. The van der Waals surface area contributed by atoms with Crippen LogP contribution in [0.15, 0.2) is 45.3 Å². The second-order valence-electron chi connectivity index (χ2n) is 6.31. The number of hydrogen-bond donors (Lipinski definition) is 1. The maximum absolute atomic E-state index is 11.1. The molecular weight excluding hydrogens is 355 g/mol. The smallest absolute Gasteiger partial charge is 0.870 e. The number of carbonyl (C=O) groups is 1. The Morgan fingerprint density at radius 1 is 1.00 bits per heavy atom. The van der Waals surface area contributed by atoms with Gasteiger partial charge in [0.05, 0.1) is 5.56 Å². The van der Waals surface area contributed by atoms with E-state index in [1.165, 1.54) is 6.07 Å². The molecule has 0 unspecified atom stereocenters. The van der Waals surface area contributed by atoms with E-state index >= 15 is 0 Å². The molecule has 0 spiro atoms. The van der Waals surface area contributed by atoms with Crippen LogP contribution in [0.25, 0.3) is 34.0 Å². The zero-order valence-corrected chi connectivity index (χ0v) is 16.0. The topological polar surface area (TPSA) is 119 Å². The normalized spacial score (nSPS) is 10.4. The van der Waals surface area contributed by atoms with E-state index in [2.05, 4.69) is 10.1 Å². The molecule has 0 saturated heterocycles. The van der Waals surface area contributed by atoms with E-state index in [0.717, 1.165) is 22.1 Å². The van der Waals surface area contributed by atoms with Gasteiger partial charge in [0.2, 0.25) is 5.82 Å². The van der Waals surface area contributed by atoms with Crippen molar-refractivity contribution in [1.82, 2.24) is 10.1 Å². The molecule has 0 aliphatic carbocycles. The van der Waals surface area contributed by atoms with Crippen LogP contribution in [0.5, 0.6) is 0 Å². The SMILES string of the molecule is Cc1cc(-c2noc(-c3cc4c(C)ccc(C)c4o3)n2)ccc1C(=O)O.[Li+].[OH-]. The maximum atomic E-state index is 11.1. The summed E-state index contributed by atoms with van der Waals surface area (Å²) in [4.78, 5) is 15.5. The van der Waals surface area contributed by atoms with Crippen LogP contribution in [0, 0.1) is 20.8 Å². The van der Waals surface area contributed by atoms with Gasteiger partial charge in [0.1, 0.15) is 5.58 Å². The van der Waals surface area contributed by atoms with Gasteiger partial charge in [-0.1, -0.05) is 23.4 Å². The van der Waals surface area contributed by atoms with Crippen molar-refractivity contribution in [2.24, 2.45) is 0 Å². The standard InChI is InChI=1S/C20H16N2O4.Li.H2O/c1-10-4-5-11(2)17-15(10)9-16(25-17)19-21-18(22-26-19)13-6-7-14(20(23)24)12(3)8-13;;/h4-9H,1-3H3,(H,23,24);;1H2/q;+1;/p-1. The molecule has 2 heterocycles. The van der Waals surface area contributed by atoms with Crippen molar-refractivity contribution in [3.63, 3.8) is 0 Å². The van der Waals surface area contributed by atoms with Crippen LogP contribution in [-0.2, 0) is 0 Å². The van der Waals surface area contributed by atoms with Crippen molar-refractivity contribution < 1.29 is 43.2 Å². The number of rotatable bonds is 3. The van der Waals surface area contributed by atoms with E-state index in [0.29, 0.717) is 22.7 Å². The molecule has 2 aromatic carbocycles. The molecule has 0 saturated carbocycles. The van der Waals surface area contributed by atoms with Gasteiger partial charge < -0.3 is 19.5 Å². The van der Waals surface area contributed by atoms with Crippen LogP contribution in [0.2, 0.25) is 0 Å². The summed E-state index contributed by atoms with van der Waals surface area (Å²) in [6.07, 6.45) is 0. The van der Waals surface area contributed by atoms with Gasteiger partial charge >= 0.3 is 24.8 Å². The molecular formula is C20H17LiN2O5. The average Bonchev–Trinajstić information content (AvgIpc) is 3.25. The number of aromatic nitrogens is 2. The summed E-state index contributed by atoms with van der Waals surface area (Å²) in [5.74, 6) is 0.217. The van der Waals surface area contributed by atoms with Crippen LogP contribution in [0.1, 0.15) is 27.0 Å². The molecule has 0 aliphatic heterocycles. The third-order valence-corrected chi connectivity index (χ3v) is 4.45. The van der Waals surface area contributed by atoms with Gasteiger partial charge in [-0.2, -0.15) is 4.98 Å². The third kappa shape index (κ3) is 3.60. The number of carboxylic acids is 1. The van der Waals surface area contributed by atoms with E-state index in [4.69, 9.17) is 14.0 Å². The molecule has 0 aliphatic rings. The van der Waals surface area contributed by atoms with Gasteiger partial charge in [-0.15, -0.1) is 0 Å². The van der Waals surface area contributed by atoms with Crippen molar-refractivity contribution in [2.45, 2.75) is 20.8 Å². The summed E-state index contributed by atoms with van der Waals surface area (Å²) in [5.41, 5.74) is 4.53. The van der Waals surface area contributed by atoms with E-state index in [9.17, 15) is 4.79 Å². The monoisotopic (exact) mass is 372 g/mol. The quantitative estimate of drug-likeness (QED) is 0.542. The zero-order chi connectivity index (χ0) is 18.4. The summed E-state index contributed by atoms with van der Waals surface area (Å²) < 4.78 is 11.3. The number of nitrogens with zero attached hydrogens (tertiary/aromatic N) is 2. The number of carboxylic acid groups (broad SMARTS) is 1. The van der Waals surface area contributed by atoms with E-state index < -0.39 is 5.97 Å². The van der Waals surface area contributed by atoms with Gasteiger partial charge in [0, 0.05) is 10.9 Å². The number of fused-ring (bicyclic) bond motifs is 1. The van der Waals surface area contributed by atoms with Gasteiger partial charge in [-0.3, -0.25) is 0 Å². The predicted molar refractivity (Wildman–Crippen MR) is 98.0 cm³/mol. The summed E-state index contributed by atoms with van der Waals surface area (Å²) in [7, 11) is 0. The van der Waals surface area contributed by atoms with Crippen molar-refractivity contribution >= 4 is 16.9 Å². The summed E-state index contributed by atoms with van der Waals surface area (Å²) in [6.45, 7) is 5.74. The Balaban J connectivity index is 0.00000140. The molecule has 4 rings (SSSR count). The fraction of sp³-hybridized carbons (Fsp3) is 0.150. The first-order valence-corrected chi connectivity index (χ1v) is 8.12. The molecule has 4 aromatic rings. The molecule has 8 heteroatoms. The van der Waals surface area contributed by atoms with Gasteiger partial charge in [0.15, 0.2) is 5.76 Å². The second-order valence-corrected chi connectivity index (χ2v) is 6.31. The number of aromatic carboxylic acids is 1. The number of aryl methyl sites for hydroxylation is 3. The van der Waals surface area contributed by atoms with Crippen LogP contribution < -0.4 is 18.9 Å². The van der Waals surface area contributed by atoms with E-state index in [-0.39, 0.29) is 35.8 Å². The third-order valence-electron chi connectivity index (χ3n) is 4.45.